The Morgan fingerprint density at radius 2 is 1.63 bits per heavy atom. The van der Waals surface area contributed by atoms with Gasteiger partial charge in [-0.3, -0.25) is 4.57 Å². The minimum Gasteiger partial charge on any atom is -0.346 e. The van der Waals surface area contributed by atoms with E-state index in [2.05, 4.69) is 54.7 Å². The standard InChI is InChI=1S/C28H32N5OP/c1-20-25-27(33(30-20)21-13-7-5-8-14-21)29-19-24(35(25,34)32-17-11-6-12-18-32)26-28(2,3)22-15-9-10-16-23(22)31(26)4/h5,7-10,13-16,19H,6,11-12,17-18H2,1-4H3/b26-24+/t35-/m1/s1. The van der Waals surface area contributed by atoms with Crippen LogP contribution in [-0.4, -0.2) is 40.8 Å². The predicted octanol–water partition coefficient (Wildman–Crippen LogP) is 5.93. The van der Waals surface area contributed by atoms with E-state index >= 15 is 4.57 Å². The Balaban J connectivity index is 1.64. The molecule has 1 fully saturated rings. The van der Waals surface area contributed by atoms with Crippen molar-refractivity contribution in [1.82, 2.24) is 14.5 Å². The minimum absolute atomic E-state index is 0.293. The molecule has 6 rings (SSSR count). The fourth-order valence-electron chi connectivity index (χ4n) is 6.16. The topological polar surface area (TPSA) is 53.7 Å². The van der Waals surface area contributed by atoms with Gasteiger partial charge in [0, 0.05) is 43.2 Å². The van der Waals surface area contributed by atoms with Crippen LogP contribution in [0.3, 0.4) is 0 Å². The molecule has 3 aromatic rings. The summed E-state index contributed by atoms with van der Waals surface area (Å²) in [4.78, 5) is 7.19. The lowest BCUT2D eigenvalue weighted by atomic mass is 9.84. The first-order valence-electron chi connectivity index (χ1n) is 12.5. The highest BCUT2D eigenvalue weighted by Gasteiger charge is 2.50. The first kappa shape index (κ1) is 22.5. The zero-order chi connectivity index (χ0) is 24.4. The monoisotopic (exact) mass is 485 g/mol. The summed E-state index contributed by atoms with van der Waals surface area (Å²) in [6.45, 7) is 8.11. The van der Waals surface area contributed by atoms with Crippen molar-refractivity contribution < 1.29 is 4.57 Å². The van der Waals surface area contributed by atoms with Crippen molar-refractivity contribution in [3.8, 4) is 5.69 Å². The first-order chi connectivity index (χ1) is 16.8. The molecule has 35 heavy (non-hydrogen) atoms. The van der Waals surface area contributed by atoms with Crippen molar-refractivity contribution in [2.45, 2.75) is 45.4 Å². The fraction of sp³-hybridized carbons (Fsp3) is 0.357. The zero-order valence-electron chi connectivity index (χ0n) is 20.9. The number of para-hydroxylation sites is 2. The van der Waals surface area contributed by atoms with Crippen LogP contribution in [0.5, 0.6) is 0 Å². The van der Waals surface area contributed by atoms with Crippen LogP contribution < -0.4 is 10.2 Å². The van der Waals surface area contributed by atoms with E-state index < -0.39 is 7.29 Å². The van der Waals surface area contributed by atoms with Crippen molar-refractivity contribution >= 4 is 30.3 Å². The molecular weight excluding hydrogens is 453 g/mol. The summed E-state index contributed by atoms with van der Waals surface area (Å²) in [6.07, 6.45) is 5.19. The van der Waals surface area contributed by atoms with Gasteiger partial charge in [0.15, 0.2) is 5.82 Å². The first-order valence-corrected chi connectivity index (χ1v) is 14.1. The maximum atomic E-state index is 15.7. The molecule has 0 unspecified atom stereocenters. The van der Waals surface area contributed by atoms with Gasteiger partial charge >= 0.3 is 0 Å². The second kappa shape index (κ2) is 8.04. The van der Waals surface area contributed by atoms with Crippen molar-refractivity contribution in [2.24, 2.45) is 4.99 Å². The van der Waals surface area contributed by atoms with Gasteiger partial charge in [-0.1, -0.05) is 56.7 Å². The van der Waals surface area contributed by atoms with E-state index in [4.69, 9.17) is 10.1 Å². The maximum Gasteiger partial charge on any atom is 0.216 e. The summed E-state index contributed by atoms with van der Waals surface area (Å²) in [6, 6.07) is 18.5. The van der Waals surface area contributed by atoms with Crippen molar-refractivity contribution in [3.05, 3.63) is 76.9 Å². The number of aryl methyl sites for hydroxylation is 1. The number of likely N-dealkylation sites (N-methyl/N-ethyl adjacent to an activating group) is 1. The number of benzene rings is 2. The van der Waals surface area contributed by atoms with Gasteiger partial charge in [0.2, 0.25) is 7.29 Å². The molecule has 1 saturated heterocycles. The Kier molecular flexibility index (Phi) is 5.17. The molecule has 7 heteroatoms. The molecule has 3 aliphatic rings. The summed E-state index contributed by atoms with van der Waals surface area (Å²) in [5, 5.41) is 6.53. The van der Waals surface area contributed by atoms with Gasteiger partial charge in [0.25, 0.3) is 0 Å². The number of nitrogens with zero attached hydrogens (tertiary/aromatic N) is 5. The number of allylic oxidation sites excluding steroid dienone is 2. The van der Waals surface area contributed by atoms with E-state index in [0.717, 1.165) is 53.6 Å². The lowest BCUT2D eigenvalue weighted by Gasteiger charge is -2.39. The third kappa shape index (κ3) is 3.16. The largest absolute Gasteiger partial charge is 0.346 e. The Labute approximate surface area is 207 Å². The zero-order valence-corrected chi connectivity index (χ0v) is 21.8. The van der Waals surface area contributed by atoms with Crippen molar-refractivity contribution in [1.29, 1.82) is 0 Å². The average molecular weight is 486 g/mol. The molecule has 0 spiro atoms. The number of piperidine rings is 1. The second-order valence-corrected chi connectivity index (χ2v) is 12.9. The third-order valence-electron chi connectivity index (χ3n) is 7.78. The third-order valence-corrected chi connectivity index (χ3v) is 11.1. The van der Waals surface area contributed by atoms with Gasteiger partial charge in [-0.05, 0) is 43.5 Å². The number of aromatic nitrogens is 2. The average Bonchev–Trinajstić information content (AvgIpc) is 3.32. The van der Waals surface area contributed by atoms with Gasteiger partial charge in [0.1, 0.15) is 0 Å². The summed E-state index contributed by atoms with van der Waals surface area (Å²) in [7, 11) is -1.09. The Bertz CT molecular complexity index is 1410. The quantitative estimate of drug-likeness (QED) is 0.423. The van der Waals surface area contributed by atoms with Crippen LogP contribution in [0.1, 0.15) is 44.4 Å². The summed E-state index contributed by atoms with van der Waals surface area (Å²) < 4.78 is 19.8. The van der Waals surface area contributed by atoms with E-state index in [-0.39, 0.29) is 5.41 Å². The molecule has 4 heterocycles. The summed E-state index contributed by atoms with van der Waals surface area (Å²) in [5.74, 6) is 0.697. The molecule has 0 N–H and O–H groups in total. The number of aliphatic imine (C=N–C) groups is 1. The van der Waals surface area contributed by atoms with E-state index in [9.17, 15) is 0 Å². The van der Waals surface area contributed by atoms with Gasteiger partial charge in [-0.2, -0.15) is 5.10 Å². The molecule has 0 saturated carbocycles. The smallest absolute Gasteiger partial charge is 0.216 e. The van der Waals surface area contributed by atoms with E-state index in [1.165, 1.54) is 17.7 Å². The number of anilines is 1. The summed E-state index contributed by atoms with van der Waals surface area (Å²) in [5.41, 5.74) is 4.93. The van der Waals surface area contributed by atoms with Crippen LogP contribution in [0.4, 0.5) is 11.5 Å². The SMILES string of the molecule is Cc1nn(-c2ccccc2)c2c1[P@@](=O)(N1CCCCC1)/C(=C1/N(C)c3ccccc3C1(C)C)C=N2. The Hall–Kier alpha value is -2.95. The molecule has 0 amide bonds. The van der Waals surface area contributed by atoms with Crippen LogP contribution in [-0.2, 0) is 9.98 Å². The molecule has 1 atom stereocenters. The van der Waals surface area contributed by atoms with Gasteiger partial charge in [-0.25, -0.2) is 14.3 Å². The number of hydrogen-bond acceptors (Lipinski definition) is 4. The molecule has 6 nitrogen and oxygen atoms in total. The highest BCUT2D eigenvalue weighted by Crippen LogP contribution is 2.64. The maximum absolute atomic E-state index is 15.7. The fourth-order valence-corrected chi connectivity index (χ4v) is 9.67. The van der Waals surface area contributed by atoms with E-state index in [1.807, 2.05) is 48.2 Å². The minimum atomic E-state index is -3.18. The molecule has 3 aliphatic heterocycles. The van der Waals surface area contributed by atoms with Gasteiger partial charge in [-0.15, -0.1) is 0 Å². The number of fused-ring (bicyclic) bond motifs is 2. The molecule has 180 valence electrons. The Morgan fingerprint density at radius 3 is 2.34 bits per heavy atom. The number of hydrogen-bond donors (Lipinski definition) is 0. The highest BCUT2D eigenvalue weighted by molar-refractivity contribution is 7.75. The molecular formula is C28H32N5OP. The molecule has 1 aromatic heterocycles. The van der Waals surface area contributed by atoms with Crippen LogP contribution in [0.15, 0.2) is 70.6 Å². The van der Waals surface area contributed by atoms with Crippen LogP contribution in [0, 0.1) is 6.92 Å². The lowest BCUT2D eigenvalue weighted by Crippen LogP contribution is -2.36. The van der Waals surface area contributed by atoms with Crippen molar-refractivity contribution in [2.75, 3.05) is 25.0 Å². The highest BCUT2D eigenvalue weighted by atomic mass is 31.2. The molecule has 0 radical (unpaired) electrons. The van der Waals surface area contributed by atoms with Crippen molar-refractivity contribution in [3.63, 3.8) is 0 Å². The van der Waals surface area contributed by atoms with Gasteiger partial charge in [0.05, 0.1) is 22.0 Å². The number of rotatable bonds is 2. The molecule has 2 aromatic carbocycles. The summed E-state index contributed by atoms with van der Waals surface area (Å²) >= 11 is 0. The normalized spacial score (nSPS) is 25.5. The lowest BCUT2D eigenvalue weighted by molar-refractivity contribution is 0.351. The van der Waals surface area contributed by atoms with Gasteiger partial charge < -0.3 is 4.90 Å². The van der Waals surface area contributed by atoms with Crippen LogP contribution in [0.2, 0.25) is 0 Å². The van der Waals surface area contributed by atoms with Crippen LogP contribution in [0.25, 0.3) is 5.69 Å². The van der Waals surface area contributed by atoms with Crippen LogP contribution >= 0.6 is 7.29 Å². The second-order valence-electron chi connectivity index (χ2n) is 10.3. The van der Waals surface area contributed by atoms with E-state index in [1.54, 1.807) is 0 Å². The Morgan fingerprint density at radius 1 is 0.943 bits per heavy atom. The predicted molar refractivity (Wildman–Crippen MR) is 144 cm³/mol. The molecule has 0 bridgehead atoms. The van der Waals surface area contributed by atoms with E-state index in [0.29, 0.717) is 5.82 Å². The molecule has 0 aliphatic carbocycles.